The summed E-state index contributed by atoms with van der Waals surface area (Å²) < 4.78 is 20.5. The standard InChI is InChI=1S/C20H20O7/c1-13-7-9-15(10-8-13)26-11-14-5-4-6-16(18(14)19(21)22)27-17(12-24-2)20(23)25-3/h4-10,12H,11H2,1-3H3,(H,21,22). The van der Waals surface area contributed by atoms with E-state index in [0.29, 0.717) is 11.3 Å². The number of esters is 1. The summed E-state index contributed by atoms with van der Waals surface area (Å²) in [6.07, 6.45) is 1.03. The molecule has 142 valence electrons. The van der Waals surface area contributed by atoms with Gasteiger partial charge in [-0.15, -0.1) is 0 Å². The predicted molar refractivity (Wildman–Crippen MR) is 96.6 cm³/mol. The molecule has 0 heterocycles. The molecule has 0 amide bonds. The molecule has 2 aromatic carbocycles. The molecule has 0 spiro atoms. The summed E-state index contributed by atoms with van der Waals surface area (Å²) >= 11 is 0. The van der Waals surface area contributed by atoms with Crippen LogP contribution in [0.25, 0.3) is 0 Å². The van der Waals surface area contributed by atoms with Crippen molar-refractivity contribution in [3.05, 3.63) is 71.2 Å². The van der Waals surface area contributed by atoms with E-state index in [2.05, 4.69) is 4.74 Å². The third-order valence-corrected chi connectivity index (χ3v) is 3.57. The fraction of sp³-hybridized carbons (Fsp3) is 0.200. The van der Waals surface area contributed by atoms with Crippen molar-refractivity contribution >= 4 is 11.9 Å². The van der Waals surface area contributed by atoms with Gasteiger partial charge in [0.25, 0.3) is 0 Å². The molecule has 0 aromatic heterocycles. The fourth-order valence-electron chi connectivity index (χ4n) is 2.26. The zero-order valence-electron chi connectivity index (χ0n) is 15.2. The monoisotopic (exact) mass is 372 g/mol. The summed E-state index contributed by atoms with van der Waals surface area (Å²) in [6.45, 7) is 1.98. The minimum atomic E-state index is -1.21. The first kappa shape index (κ1) is 19.8. The van der Waals surface area contributed by atoms with Gasteiger partial charge < -0.3 is 24.1 Å². The Labute approximate surface area is 156 Å². The molecule has 0 bridgehead atoms. The van der Waals surface area contributed by atoms with Crippen LogP contribution >= 0.6 is 0 Å². The normalized spacial score (nSPS) is 10.9. The smallest absolute Gasteiger partial charge is 0.377 e. The van der Waals surface area contributed by atoms with Crippen molar-refractivity contribution in [2.24, 2.45) is 0 Å². The number of carbonyl (C=O) groups is 2. The number of rotatable bonds is 8. The lowest BCUT2D eigenvalue weighted by molar-refractivity contribution is -0.138. The number of aromatic carboxylic acids is 1. The molecule has 1 N–H and O–H groups in total. The Morgan fingerprint density at radius 3 is 2.37 bits per heavy atom. The van der Waals surface area contributed by atoms with Gasteiger partial charge in [0.05, 0.1) is 14.2 Å². The molecular weight excluding hydrogens is 352 g/mol. The van der Waals surface area contributed by atoms with Crippen molar-refractivity contribution in [2.45, 2.75) is 13.5 Å². The summed E-state index contributed by atoms with van der Waals surface area (Å²) in [7, 11) is 2.51. The zero-order chi connectivity index (χ0) is 19.8. The number of methoxy groups -OCH3 is 2. The number of benzene rings is 2. The Bertz CT molecular complexity index is 838. The van der Waals surface area contributed by atoms with E-state index in [0.717, 1.165) is 11.8 Å². The summed E-state index contributed by atoms with van der Waals surface area (Å²) in [5, 5.41) is 9.62. The van der Waals surface area contributed by atoms with Crippen LogP contribution in [0, 0.1) is 6.92 Å². The van der Waals surface area contributed by atoms with Crippen molar-refractivity contribution in [1.82, 2.24) is 0 Å². The van der Waals surface area contributed by atoms with Gasteiger partial charge in [-0.2, -0.15) is 0 Å². The van der Waals surface area contributed by atoms with Gasteiger partial charge in [-0.1, -0.05) is 29.8 Å². The number of carboxylic acid groups (broad SMARTS) is 1. The van der Waals surface area contributed by atoms with Crippen molar-refractivity contribution in [1.29, 1.82) is 0 Å². The third-order valence-electron chi connectivity index (χ3n) is 3.57. The molecule has 0 saturated carbocycles. The van der Waals surface area contributed by atoms with Gasteiger partial charge in [0.15, 0.2) is 0 Å². The summed E-state index contributed by atoms with van der Waals surface area (Å²) in [4.78, 5) is 23.5. The van der Waals surface area contributed by atoms with Crippen LogP contribution < -0.4 is 9.47 Å². The van der Waals surface area contributed by atoms with E-state index in [-0.39, 0.29) is 23.7 Å². The Morgan fingerprint density at radius 2 is 1.78 bits per heavy atom. The molecule has 0 unspecified atom stereocenters. The van der Waals surface area contributed by atoms with E-state index >= 15 is 0 Å². The zero-order valence-corrected chi connectivity index (χ0v) is 15.2. The van der Waals surface area contributed by atoms with Gasteiger partial charge in [0.1, 0.15) is 29.9 Å². The molecule has 0 aliphatic rings. The van der Waals surface area contributed by atoms with Crippen LogP contribution in [-0.2, 0) is 20.9 Å². The molecule has 0 radical (unpaired) electrons. The molecular formula is C20H20O7. The highest BCUT2D eigenvalue weighted by Gasteiger charge is 2.21. The first-order valence-electron chi connectivity index (χ1n) is 8.00. The highest BCUT2D eigenvalue weighted by atomic mass is 16.6. The van der Waals surface area contributed by atoms with E-state index in [1.54, 1.807) is 24.3 Å². The number of hydrogen-bond donors (Lipinski definition) is 1. The van der Waals surface area contributed by atoms with Gasteiger partial charge in [0, 0.05) is 5.56 Å². The Balaban J connectivity index is 2.30. The molecule has 2 rings (SSSR count). The van der Waals surface area contributed by atoms with Crippen LogP contribution in [0.15, 0.2) is 54.5 Å². The van der Waals surface area contributed by atoms with Crippen molar-refractivity contribution in [3.8, 4) is 11.5 Å². The van der Waals surface area contributed by atoms with Crippen LogP contribution in [0.5, 0.6) is 11.5 Å². The summed E-state index contributed by atoms with van der Waals surface area (Å²) in [5.41, 5.74) is 1.36. The van der Waals surface area contributed by atoms with E-state index in [4.69, 9.17) is 14.2 Å². The van der Waals surface area contributed by atoms with Crippen LogP contribution in [0.2, 0.25) is 0 Å². The van der Waals surface area contributed by atoms with Crippen molar-refractivity contribution < 1.29 is 33.6 Å². The quantitative estimate of drug-likeness (QED) is 0.432. The Morgan fingerprint density at radius 1 is 1.07 bits per heavy atom. The highest BCUT2D eigenvalue weighted by molar-refractivity contribution is 5.93. The number of hydrogen-bond acceptors (Lipinski definition) is 6. The Hall–Kier alpha value is -3.48. The van der Waals surface area contributed by atoms with Gasteiger partial charge in [-0.25, -0.2) is 9.59 Å². The van der Waals surface area contributed by atoms with Gasteiger partial charge in [-0.3, -0.25) is 0 Å². The SMILES string of the molecule is COC=C(Oc1cccc(COc2ccc(C)cc2)c1C(=O)O)C(=O)OC. The third kappa shape index (κ3) is 5.24. The maximum atomic E-state index is 11.8. The maximum Gasteiger partial charge on any atom is 0.377 e. The average Bonchev–Trinajstić information content (AvgIpc) is 2.66. The van der Waals surface area contributed by atoms with E-state index in [1.807, 2.05) is 19.1 Å². The van der Waals surface area contributed by atoms with Crippen LogP contribution in [0.4, 0.5) is 0 Å². The van der Waals surface area contributed by atoms with E-state index in [1.165, 1.54) is 20.3 Å². The van der Waals surface area contributed by atoms with Crippen LogP contribution in [0.1, 0.15) is 21.5 Å². The lowest BCUT2D eigenvalue weighted by atomic mass is 10.1. The molecule has 0 fully saturated rings. The second-order valence-corrected chi connectivity index (χ2v) is 5.51. The topological polar surface area (TPSA) is 91.3 Å². The lowest BCUT2D eigenvalue weighted by Crippen LogP contribution is -2.14. The second-order valence-electron chi connectivity index (χ2n) is 5.51. The van der Waals surface area contributed by atoms with Crippen LogP contribution in [0.3, 0.4) is 0 Å². The molecule has 0 saturated heterocycles. The first-order valence-corrected chi connectivity index (χ1v) is 8.00. The molecule has 0 atom stereocenters. The summed E-state index contributed by atoms with van der Waals surface area (Å²) in [6, 6.07) is 12.0. The molecule has 7 heteroatoms. The largest absolute Gasteiger partial charge is 0.500 e. The van der Waals surface area contributed by atoms with E-state index < -0.39 is 11.9 Å². The molecule has 7 nitrogen and oxygen atoms in total. The van der Waals surface area contributed by atoms with E-state index in [9.17, 15) is 14.7 Å². The van der Waals surface area contributed by atoms with Gasteiger partial charge in [0.2, 0.25) is 5.76 Å². The minimum Gasteiger partial charge on any atom is -0.500 e. The predicted octanol–water partition coefficient (Wildman–Crippen LogP) is 3.31. The average molecular weight is 372 g/mol. The molecule has 2 aromatic rings. The highest BCUT2D eigenvalue weighted by Crippen LogP contribution is 2.26. The first-order chi connectivity index (χ1) is 13.0. The lowest BCUT2D eigenvalue weighted by Gasteiger charge is -2.14. The minimum absolute atomic E-state index is 0.0173. The van der Waals surface area contributed by atoms with Crippen molar-refractivity contribution in [3.63, 3.8) is 0 Å². The number of aryl methyl sites for hydroxylation is 1. The Kier molecular flexibility index (Phi) is 6.82. The fourth-order valence-corrected chi connectivity index (χ4v) is 2.26. The molecule has 27 heavy (non-hydrogen) atoms. The number of carboxylic acids is 1. The number of ether oxygens (including phenoxy) is 4. The summed E-state index contributed by atoms with van der Waals surface area (Å²) in [5.74, 6) is -1.71. The maximum absolute atomic E-state index is 11.8. The molecule has 0 aliphatic carbocycles. The second kappa shape index (κ2) is 9.28. The van der Waals surface area contributed by atoms with Gasteiger partial charge >= 0.3 is 11.9 Å². The number of carbonyl (C=O) groups excluding carboxylic acids is 1. The van der Waals surface area contributed by atoms with Crippen molar-refractivity contribution in [2.75, 3.05) is 14.2 Å². The molecule has 0 aliphatic heterocycles. The van der Waals surface area contributed by atoms with Crippen LogP contribution in [-0.4, -0.2) is 31.3 Å². The van der Waals surface area contributed by atoms with Gasteiger partial charge in [-0.05, 0) is 25.1 Å².